The van der Waals surface area contributed by atoms with Crippen LogP contribution in [-0.4, -0.2) is 133 Å². The van der Waals surface area contributed by atoms with Crippen LogP contribution in [0, 0.1) is 5.92 Å². The topological polar surface area (TPSA) is 266 Å². The lowest BCUT2D eigenvalue weighted by Crippen LogP contribution is -2.69. The molecule has 15 nitrogen and oxygen atoms in total. The number of unbranched alkanes of at least 4 members (excludes halogenated alkanes) is 2. The molecule has 15 heteroatoms. The molecular weight excluding hydrogens is 562 g/mol. The molecule has 1 amide bonds. The van der Waals surface area contributed by atoms with Crippen LogP contribution in [0.15, 0.2) is 11.8 Å². The van der Waals surface area contributed by atoms with Crippen molar-refractivity contribution in [1.29, 1.82) is 0 Å². The summed E-state index contributed by atoms with van der Waals surface area (Å²) in [6.45, 7) is 3.45. The summed E-state index contributed by atoms with van der Waals surface area (Å²) in [6, 6.07) is -2.76. The fourth-order valence-electron chi connectivity index (χ4n) is 6.31. The molecule has 1 aliphatic carbocycles. The summed E-state index contributed by atoms with van der Waals surface area (Å²) in [5.41, 5.74) is 22.8. The molecule has 2 fully saturated rings. The highest BCUT2D eigenvalue weighted by atomic mass is 16.7. The normalized spacial score (nSPS) is 39.1. The van der Waals surface area contributed by atoms with Crippen LogP contribution in [0.1, 0.15) is 45.4 Å². The van der Waals surface area contributed by atoms with Gasteiger partial charge in [-0.25, -0.2) is 0 Å². The first-order valence-electron chi connectivity index (χ1n) is 15.4. The maximum absolute atomic E-state index is 12.8. The van der Waals surface area contributed by atoms with Crippen LogP contribution in [-0.2, 0) is 19.0 Å². The predicted molar refractivity (Wildman–Crippen MR) is 159 cm³/mol. The lowest BCUT2D eigenvalue weighted by atomic mass is 9.72. The molecule has 0 aromatic heterocycles. The van der Waals surface area contributed by atoms with E-state index in [9.17, 15) is 25.2 Å². The molecule has 0 spiro atoms. The molecule has 1 unspecified atom stereocenters. The first kappa shape index (κ1) is 36.0. The number of ether oxygens (including phenoxy) is 3. The van der Waals surface area contributed by atoms with Gasteiger partial charge in [0.25, 0.3) is 0 Å². The van der Waals surface area contributed by atoms with Gasteiger partial charge in [0.1, 0.15) is 35.8 Å². The highest BCUT2D eigenvalue weighted by molar-refractivity contribution is 5.80. The number of hydrogen-bond acceptors (Lipinski definition) is 14. The van der Waals surface area contributed by atoms with Crippen molar-refractivity contribution in [2.45, 2.75) is 112 Å². The molecular formula is C28H55N7O8. The average molecular weight is 618 g/mol. The summed E-state index contributed by atoms with van der Waals surface area (Å²) < 4.78 is 18.2. The lowest BCUT2D eigenvalue weighted by Gasteiger charge is -2.50. The van der Waals surface area contributed by atoms with Crippen LogP contribution in [0.4, 0.5) is 0 Å². The fourth-order valence-corrected chi connectivity index (χ4v) is 6.31. The van der Waals surface area contributed by atoms with Crippen LogP contribution in [0.2, 0.25) is 0 Å². The number of nitrogens with one attached hydrogen (secondary N) is 3. The van der Waals surface area contributed by atoms with Crippen molar-refractivity contribution in [2.24, 2.45) is 28.9 Å². The first-order chi connectivity index (χ1) is 20.4. The third-order valence-corrected chi connectivity index (χ3v) is 8.71. The van der Waals surface area contributed by atoms with Gasteiger partial charge in [-0.05, 0) is 71.8 Å². The van der Waals surface area contributed by atoms with Gasteiger partial charge >= 0.3 is 0 Å². The standard InChI is InChI=1S/C28H55N7O8/c1-28(40)14-41-27(22(38)25(28)33-2)43-24-18(35-26(39)19(36)8-10-30)12-17(32)20(21(24)37)23-16(31)7-6-15(42-23)13-34-11-5-3-4-9-29/h6,16-25,27,33-34,36-38,40H,3-5,7-14,29-32H2,1-2H3,(H,35,39)/t16-,17+,18-,19+,20-,21+,22-,23?,24+,25-,27-,28+/m1/s1. The van der Waals surface area contributed by atoms with E-state index in [4.69, 9.17) is 37.1 Å². The van der Waals surface area contributed by atoms with Crippen molar-refractivity contribution in [3.05, 3.63) is 11.8 Å². The van der Waals surface area contributed by atoms with Gasteiger partial charge in [-0.15, -0.1) is 0 Å². The van der Waals surface area contributed by atoms with Crippen molar-refractivity contribution in [3.63, 3.8) is 0 Å². The van der Waals surface area contributed by atoms with Gasteiger partial charge in [0.15, 0.2) is 6.29 Å². The molecule has 0 bridgehead atoms. The van der Waals surface area contributed by atoms with E-state index in [-0.39, 0.29) is 26.0 Å². The molecule has 43 heavy (non-hydrogen) atoms. The van der Waals surface area contributed by atoms with Gasteiger partial charge < -0.3 is 73.5 Å². The van der Waals surface area contributed by atoms with E-state index in [2.05, 4.69) is 16.0 Å². The number of carbonyl (C=O) groups is 1. The minimum Gasteiger partial charge on any atom is -0.492 e. The van der Waals surface area contributed by atoms with E-state index >= 15 is 0 Å². The molecule has 0 aromatic carbocycles. The van der Waals surface area contributed by atoms with Crippen molar-refractivity contribution >= 4 is 5.91 Å². The zero-order valence-corrected chi connectivity index (χ0v) is 25.4. The fraction of sp³-hybridized carbons (Fsp3) is 0.893. The van der Waals surface area contributed by atoms with Gasteiger partial charge in [-0.3, -0.25) is 4.79 Å². The molecule has 3 aliphatic rings. The predicted octanol–water partition coefficient (Wildman–Crippen LogP) is -3.95. The smallest absolute Gasteiger partial charge is 0.249 e. The van der Waals surface area contributed by atoms with E-state index in [0.29, 0.717) is 25.3 Å². The number of nitrogens with two attached hydrogens (primary N) is 4. The Hall–Kier alpha value is -1.47. The number of hydrogen-bond donors (Lipinski definition) is 11. The van der Waals surface area contributed by atoms with E-state index in [1.54, 1.807) is 7.05 Å². The third-order valence-electron chi connectivity index (χ3n) is 8.71. The summed E-state index contributed by atoms with van der Waals surface area (Å²) >= 11 is 0. The second-order valence-electron chi connectivity index (χ2n) is 12.2. The maximum Gasteiger partial charge on any atom is 0.249 e. The van der Waals surface area contributed by atoms with Gasteiger partial charge in [-0.1, -0.05) is 6.42 Å². The molecule has 1 saturated carbocycles. The molecule has 3 rings (SSSR count). The van der Waals surface area contributed by atoms with Crippen LogP contribution in [0.25, 0.3) is 0 Å². The summed E-state index contributed by atoms with van der Waals surface area (Å²) in [5.74, 6) is -0.677. The monoisotopic (exact) mass is 617 g/mol. The Morgan fingerprint density at radius 2 is 1.91 bits per heavy atom. The molecule has 0 aromatic rings. The third kappa shape index (κ3) is 9.28. The Kier molecular flexibility index (Phi) is 14.0. The molecule has 0 radical (unpaired) electrons. The van der Waals surface area contributed by atoms with Crippen LogP contribution in [0.3, 0.4) is 0 Å². The zero-order valence-electron chi connectivity index (χ0n) is 25.4. The number of amides is 1. The number of rotatable bonds is 15. The number of aliphatic hydroxyl groups is 4. The highest BCUT2D eigenvalue weighted by Crippen LogP contribution is 2.36. The average Bonchev–Trinajstić information content (AvgIpc) is 2.95. The maximum atomic E-state index is 12.8. The van der Waals surface area contributed by atoms with Crippen LogP contribution >= 0.6 is 0 Å². The van der Waals surface area contributed by atoms with E-state index in [1.807, 2.05) is 6.08 Å². The summed E-state index contributed by atoms with van der Waals surface area (Å²) in [7, 11) is 1.60. The quantitative estimate of drug-likeness (QED) is 0.0784. The van der Waals surface area contributed by atoms with Crippen LogP contribution < -0.4 is 38.9 Å². The van der Waals surface area contributed by atoms with E-state index in [1.165, 1.54) is 6.92 Å². The lowest BCUT2D eigenvalue weighted by molar-refractivity contribution is -0.297. The van der Waals surface area contributed by atoms with E-state index < -0.39 is 78.4 Å². The summed E-state index contributed by atoms with van der Waals surface area (Å²) in [5, 5.41) is 52.7. The van der Waals surface area contributed by atoms with Crippen molar-refractivity contribution in [2.75, 3.05) is 39.8 Å². The summed E-state index contributed by atoms with van der Waals surface area (Å²) in [4.78, 5) is 12.8. The largest absolute Gasteiger partial charge is 0.492 e. The van der Waals surface area contributed by atoms with Crippen LogP contribution in [0.5, 0.6) is 0 Å². The molecule has 1 saturated heterocycles. The van der Waals surface area contributed by atoms with Gasteiger partial charge in [0.05, 0.1) is 31.3 Å². The van der Waals surface area contributed by atoms with Crippen molar-refractivity contribution in [3.8, 4) is 0 Å². The second kappa shape index (κ2) is 16.7. The SMILES string of the molecule is CN[C@@H]1[C@@H](O)[C@@H](O[C@@H]2[C@@H](O)[C@H](C3OC(CNCCCCCN)=CC[C@H]3N)[C@@H](N)C[C@H]2NC(=O)[C@@H](O)CCN)OC[C@]1(C)O. The first-order valence-corrected chi connectivity index (χ1v) is 15.4. The zero-order chi connectivity index (χ0) is 31.7. The Morgan fingerprint density at radius 3 is 2.58 bits per heavy atom. The number of carbonyl (C=O) groups excluding carboxylic acids is 1. The van der Waals surface area contributed by atoms with Gasteiger partial charge in [0.2, 0.25) is 5.91 Å². The Morgan fingerprint density at radius 1 is 1.16 bits per heavy atom. The molecule has 2 heterocycles. The summed E-state index contributed by atoms with van der Waals surface area (Å²) in [6.07, 6.45) is -1.33. The Balaban J connectivity index is 1.78. The molecule has 2 aliphatic heterocycles. The highest BCUT2D eigenvalue weighted by Gasteiger charge is 2.53. The minimum absolute atomic E-state index is 0.0472. The van der Waals surface area contributed by atoms with Crippen molar-refractivity contribution in [1.82, 2.24) is 16.0 Å². The number of likely N-dealkylation sites (N-methyl/N-ethyl adjacent to an activating group) is 1. The molecule has 15 N–H and O–H groups in total. The van der Waals surface area contributed by atoms with E-state index in [0.717, 1.165) is 25.8 Å². The minimum atomic E-state index is -1.38. The molecule has 12 atom stereocenters. The molecule has 250 valence electrons. The Labute approximate surface area is 254 Å². The van der Waals surface area contributed by atoms with Crippen molar-refractivity contribution < 1.29 is 39.4 Å². The second-order valence-corrected chi connectivity index (χ2v) is 12.2. The number of aliphatic hydroxyl groups excluding tert-OH is 3. The van der Waals surface area contributed by atoms with Gasteiger partial charge in [0, 0.05) is 18.0 Å². The Bertz CT molecular complexity index is 899. The van der Waals surface area contributed by atoms with Gasteiger partial charge in [-0.2, -0.15) is 0 Å².